The normalized spacial score (nSPS) is 11.6. The lowest BCUT2D eigenvalue weighted by Crippen LogP contribution is -2.12. The minimum Gasteiger partial charge on any atom is -0.343 e. The molecule has 0 unspecified atom stereocenters. The summed E-state index contributed by atoms with van der Waals surface area (Å²) in [7, 11) is 4.32. The molecular formula is C64H50N4. The van der Waals surface area contributed by atoms with Gasteiger partial charge in [0.1, 0.15) is 0 Å². The van der Waals surface area contributed by atoms with Crippen molar-refractivity contribution in [3.8, 4) is 22.5 Å². The van der Waals surface area contributed by atoms with E-state index in [1.54, 1.807) is 0 Å². The van der Waals surface area contributed by atoms with Crippen LogP contribution >= 0.6 is 0 Å². The molecule has 0 bridgehead atoms. The Morgan fingerprint density at radius 1 is 0.279 bits per heavy atom. The van der Waals surface area contributed by atoms with Crippen LogP contribution in [0, 0.1) is 0 Å². The van der Waals surface area contributed by atoms with Crippen LogP contribution in [0.25, 0.3) is 68.6 Å². The van der Waals surface area contributed by atoms with Gasteiger partial charge in [-0.05, 0) is 107 Å². The van der Waals surface area contributed by atoms with Crippen molar-refractivity contribution in [3.63, 3.8) is 0 Å². The second kappa shape index (κ2) is 18.6. The van der Waals surface area contributed by atoms with E-state index in [0.29, 0.717) is 0 Å². The molecular weight excluding hydrogens is 825 g/mol. The van der Waals surface area contributed by atoms with Crippen molar-refractivity contribution >= 4 is 80.2 Å². The highest BCUT2D eigenvalue weighted by molar-refractivity contribution is 6.01. The minimum atomic E-state index is 1.07. The summed E-state index contributed by atoms with van der Waals surface area (Å²) < 4.78 is 4.61. The number of fused-ring (bicyclic) bond motifs is 2. The van der Waals surface area contributed by atoms with E-state index in [2.05, 4.69) is 300 Å². The van der Waals surface area contributed by atoms with Crippen LogP contribution in [-0.4, -0.2) is 9.13 Å². The van der Waals surface area contributed by atoms with E-state index in [4.69, 9.17) is 0 Å². The van der Waals surface area contributed by atoms with Crippen LogP contribution in [0.15, 0.2) is 243 Å². The molecule has 68 heavy (non-hydrogen) atoms. The Morgan fingerprint density at radius 2 is 0.559 bits per heavy atom. The quantitative estimate of drug-likeness (QED) is 0.122. The molecule has 4 nitrogen and oxygen atoms in total. The molecule has 4 heteroatoms. The molecule has 11 rings (SSSR count). The summed E-state index contributed by atoms with van der Waals surface area (Å²) in [6, 6.07) is 86.5. The van der Waals surface area contributed by atoms with Crippen molar-refractivity contribution in [3.05, 3.63) is 265 Å². The van der Waals surface area contributed by atoms with Gasteiger partial charge in [0.15, 0.2) is 0 Å². The monoisotopic (exact) mass is 874 g/mol. The fourth-order valence-electron chi connectivity index (χ4n) is 9.70. The number of benzene rings is 9. The Labute approximate surface area is 398 Å². The minimum absolute atomic E-state index is 1.07. The molecule has 2 aromatic heterocycles. The SMILES string of the molecule is Cn1c(-c2ccccc2)c(C=Cc2ccc(N(c3ccccc3)c3ccc(N(c4ccccc4)c4ccc(C=Cc5c(-c6ccccc6)n(C)c6ccccc56)cc4)cc3)cc2)c2ccccc21. The van der Waals surface area contributed by atoms with Crippen molar-refractivity contribution in [1.29, 1.82) is 0 Å². The van der Waals surface area contributed by atoms with Gasteiger partial charge in [-0.3, -0.25) is 0 Å². The van der Waals surface area contributed by atoms with E-state index in [1.807, 2.05) is 0 Å². The van der Waals surface area contributed by atoms with E-state index in [1.165, 1.54) is 55.4 Å². The number of para-hydroxylation sites is 4. The van der Waals surface area contributed by atoms with Crippen LogP contribution in [-0.2, 0) is 14.1 Å². The van der Waals surface area contributed by atoms with E-state index in [-0.39, 0.29) is 0 Å². The van der Waals surface area contributed by atoms with Crippen molar-refractivity contribution < 1.29 is 0 Å². The highest BCUT2D eigenvalue weighted by Gasteiger charge is 2.18. The lowest BCUT2D eigenvalue weighted by molar-refractivity contribution is 0.977. The number of rotatable bonds is 12. The fourth-order valence-corrected chi connectivity index (χ4v) is 9.70. The largest absolute Gasteiger partial charge is 0.343 e. The summed E-state index contributed by atoms with van der Waals surface area (Å²) in [4.78, 5) is 4.64. The number of hydrogen-bond donors (Lipinski definition) is 0. The van der Waals surface area contributed by atoms with Gasteiger partial charge in [0.05, 0.1) is 11.4 Å². The van der Waals surface area contributed by atoms with Crippen LogP contribution in [0.1, 0.15) is 22.3 Å². The van der Waals surface area contributed by atoms with Gasteiger partial charge in [0, 0.05) is 81.2 Å². The number of anilines is 6. The first-order valence-electron chi connectivity index (χ1n) is 23.2. The molecule has 0 saturated heterocycles. The zero-order valence-electron chi connectivity index (χ0n) is 38.2. The van der Waals surface area contributed by atoms with Gasteiger partial charge < -0.3 is 18.9 Å². The highest BCUT2D eigenvalue weighted by Crippen LogP contribution is 2.41. The van der Waals surface area contributed by atoms with Crippen LogP contribution in [0.3, 0.4) is 0 Å². The number of nitrogens with zero attached hydrogens (tertiary/aromatic N) is 4. The zero-order valence-corrected chi connectivity index (χ0v) is 38.2. The molecule has 0 atom stereocenters. The summed E-state index contributed by atoms with van der Waals surface area (Å²) in [5, 5.41) is 2.48. The van der Waals surface area contributed by atoms with Crippen LogP contribution in [0.4, 0.5) is 34.1 Å². The molecule has 326 valence electrons. The molecule has 0 aliphatic carbocycles. The maximum absolute atomic E-state index is 2.32. The first kappa shape index (κ1) is 41.8. The number of aromatic nitrogens is 2. The summed E-state index contributed by atoms with van der Waals surface area (Å²) in [6.45, 7) is 0. The third-order valence-electron chi connectivity index (χ3n) is 13.0. The third kappa shape index (κ3) is 8.10. The predicted molar refractivity (Wildman–Crippen MR) is 290 cm³/mol. The number of hydrogen-bond acceptors (Lipinski definition) is 2. The van der Waals surface area contributed by atoms with E-state index in [9.17, 15) is 0 Å². The second-order valence-electron chi connectivity index (χ2n) is 17.1. The van der Waals surface area contributed by atoms with E-state index in [0.717, 1.165) is 45.3 Å². The molecule has 0 spiro atoms. The lowest BCUT2D eigenvalue weighted by Gasteiger charge is -2.28. The zero-order chi connectivity index (χ0) is 45.8. The Bertz CT molecular complexity index is 3290. The highest BCUT2D eigenvalue weighted by atomic mass is 15.2. The smallest absolute Gasteiger partial charge is 0.0562 e. The molecule has 0 fully saturated rings. The van der Waals surface area contributed by atoms with E-state index < -0.39 is 0 Å². The molecule has 0 amide bonds. The van der Waals surface area contributed by atoms with Crippen molar-refractivity contribution in [2.45, 2.75) is 0 Å². The maximum Gasteiger partial charge on any atom is 0.0562 e. The van der Waals surface area contributed by atoms with Gasteiger partial charge in [0.25, 0.3) is 0 Å². The molecule has 11 aromatic rings. The first-order chi connectivity index (χ1) is 33.6. The van der Waals surface area contributed by atoms with Gasteiger partial charge in [-0.25, -0.2) is 0 Å². The van der Waals surface area contributed by atoms with Crippen molar-refractivity contribution in [2.75, 3.05) is 9.80 Å². The molecule has 9 aromatic carbocycles. The topological polar surface area (TPSA) is 16.3 Å². The van der Waals surface area contributed by atoms with E-state index >= 15 is 0 Å². The first-order valence-corrected chi connectivity index (χ1v) is 23.2. The molecule has 0 N–H and O–H groups in total. The summed E-state index contributed by atoms with van der Waals surface area (Å²) in [5.74, 6) is 0. The lowest BCUT2D eigenvalue weighted by atomic mass is 10.0. The third-order valence-corrected chi connectivity index (χ3v) is 13.0. The van der Waals surface area contributed by atoms with Crippen LogP contribution < -0.4 is 9.80 Å². The summed E-state index contributed by atoms with van der Waals surface area (Å²) in [5.41, 5.74) is 18.5. The molecule has 0 radical (unpaired) electrons. The average Bonchev–Trinajstić information content (AvgIpc) is 3.86. The Balaban J connectivity index is 0.890. The van der Waals surface area contributed by atoms with Gasteiger partial charge in [-0.15, -0.1) is 0 Å². The second-order valence-corrected chi connectivity index (χ2v) is 17.1. The van der Waals surface area contributed by atoms with Gasteiger partial charge in [-0.2, -0.15) is 0 Å². The van der Waals surface area contributed by atoms with Gasteiger partial charge in [-0.1, -0.05) is 182 Å². The van der Waals surface area contributed by atoms with Crippen LogP contribution in [0.2, 0.25) is 0 Å². The predicted octanol–water partition coefficient (Wildman–Crippen LogP) is 17.3. The van der Waals surface area contributed by atoms with Crippen molar-refractivity contribution in [2.24, 2.45) is 14.1 Å². The fraction of sp³-hybridized carbons (Fsp3) is 0.0312. The van der Waals surface area contributed by atoms with Gasteiger partial charge >= 0.3 is 0 Å². The molecule has 0 saturated carbocycles. The number of aryl methyl sites for hydroxylation is 2. The standard InChI is InChI=1S/C64H50N4/c1-65-61-29-17-15-27-57(61)59(63(65)49-19-7-3-8-20-49)45-35-47-31-37-53(38-32-47)67(51-23-11-5-12-24-51)55-41-43-56(44-42-55)68(52-25-13-6-14-26-52)54-39-33-48(34-40-54)36-46-60-58-28-16-18-30-62(58)66(2)64(60)50-21-9-4-10-22-50/h3-46H,1-2H3. The Morgan fingerprint density at radius 3 is 0.912 bits per heavy atom. The summed E-state index contributed by atoms with van der Waals surface area (Å²) >= 11 is 0. The Kier molecular flexibility index (Phi) is 11.4. The van der Waals surface area contributed by atoms with Crippen LogP contribution in [0.5, 0.6) is 0 Å². The molecule has 0 aliphatic rings. The average molecular weight is 875 g/mol. The van der Waals surface area contributed by atoms with Gasteiger partial charge in [0.2, 0.25) is 0 Å². The summed E-state index contributed by atoms with van der Waals surface area (Å²) in [6.07, 6.45) is 9.00. The maximum atomic E-state index is 2.32. The molecule has 0 aliphatic heterocycles. The Hall–Kier alpha value is -8.86. The molecule has 2 heterocycles. The van der Waals surface area contributed by atoms with Crippen molar-refractivity contribution in [1.82, 2.24) is 9.13 Å².